The second-order valence-corrected chi connectivity index (χ2v) is 10.2. The van der Waals surface area contributed by atoms with Crippen LogP contribution >= 0.6 is 0 Å². The monoisotopic (exact) mass is 378 g/mol. The molecule has 144 valence electrons. The van der Waals surface area contributed by atoms with Crippen molar-refractivity contribution in [2.75, 3.05) is 5.32 Å². The maximum atomic E-state index is 12.8. The summed E-state index contributed by atoms with van der Waals surface area (Å²) in [5.41, 5.74) is 1.79. The molecule has 0 aromatic heterocycles. The van der Waals surface area contributed by atoms with Crippen molar-refractivity contribution in [1.29, 1.82) is 0 Å². The van der Waals surface area contributed by atoms with E-state index in [1.165, 1.54) is 0 Å². The number of carbonyl (C=O) groups excluding carboxylic acids is 1. The summed E-state index contributed by atoms with van der Waals surface area (Å²) in [6.07, 6.45) is 5.04. The first-order valence-electron chi connectivity index (χ1n) is 9.61. The van der Waals surface area contributed by atoms with Gasteiger partial charge in [0.05, 0.1) is 10.8 Å². The van der Waals surface area contributed by atoms with Crippen molar-refractivity contribution in [3.8, 4) is 0 Å². The van der Waals surface area contributed by atoms with Gasteiger partial charge in [0.2, 0.25) is 15.9 Å². The van der Waals surface area contributed by atoms with Gasteiger partial charge in [0, 0.05) is 11.7 Å². The molecule has 0 radical (unpaired) electrons. The first-order chi connectivity index (χ1) is 12.1. The molecule has 26 heavy (non-hydrogen) atoms. The van der Waals surface area contributed by atoms with Crippen molar-refractivity contribution in [2.24, 2.45) is 11.3 Å². The lowest BCUT2D eigenvalue weighted by atomic mass is 9.69. The van der Waals surface area contributed by atoms with Gasteiger partial charge in [-0.3, -0.25) is 4.79 Å². The third-order valence-corrected chi connectivity index (χ3v) is 8.03. The predicted molar refractivity (Wildman–Crippen MR) is 104 cm³/mol. The Morgan fingerprint density at radius 1 is 1.19 bits per heavy atom. The molecule has 1 amide bonds. The van der Waals surface area contributed by atoms with Crippen LogP contribution in [0.2, 0.25) is 0 Å². The number of carbonyl (C=O) groups is 1. The van der Waals surface area contributed by atoms with Crippen LogP contribution in [-0.4, -0.2) is 20.4 Å². The SMILES string of the molecule is CCC(C)(C)C1CCC(NS(=O)(=O)c2ccc3c(c2)[C@@H](C)C(=O)N3)CC1. The molecule has 0 unspecified atom stereocenters. The lowest BCUT2D eigenvalue weighted by Gasteiger charge is -2.39. The van der Waals surface area contributed by atoms with E-state index in [-0.39, 0.29) is 22.8 Å². The van der Waals surface area contributed by atoms with E-state index in [1.54, 1.807) is 25.1 Å². The Kier molecular flexibility index (Phi) is 5.19. The molecule has 6 heteroatoms. The zero-order valence-electron chi connectivity index (χ0n) is 16.1. The van der Waals surface area contributed by atoms with E-state index in [9.17, 15) is 13.2 Å². The van der Waals surface area contributed by atoms with E-state index in [0.717, 1.165) is 37.7 Å². The maximum absolute atomic E-state index is 12.8. The summed E-state index contributed by atoms with van der Waals surface area (Å²) in [5.74, 6) is 0.261. The highest BCUT2D eigenvalue weighted by Crippen LogP contribution is 2.40. The molecule has 1 aromatic carbocycles. The minimum absolute atomic E-state index is 0.00524. The van der Waals surface area contributed by atoms with Crippen LogP contribution in [0, 0.1) is 11.3 Å². The van der Waals surface area contributed by atoms with E-state index in [0.29, 0.717) is 17.0 Å². The predicted octanol–water partition coefficient (Wildman–Crippen LogP) is 4.02. The second-order valence-electron chi connectivity index (χ2n) is 8.47. The molecule has 1 aliphatic carbocycles. The fraction of sp³-hybridized carbons (Fsp3) is 0.650. The molecule has 2 N–H and O–H groups in total. The van der Waals surface area contributed by atoms with Crippen molar-refractivity contribution in [1.82, 2.24) is 4.72 Å². The number of benzene rings is 1. The van der Waals surface area contributed by atoms with Crippen LogP contribution in [0.3, 0.4) is 0 Å². The summed E-state index contributed by atoms with van der Waals surface area (Å²) in [4.78, 5) is 12.0. The van der Waals surface area contributed by atoms with Crippen molar-refractivity contribution in [2.45, 2.75) is 76.7 Å². The molecule has 1 atom stereocenters. The van der Waals surface area contributed by atoms with E-state index in [4.69, 9.17) is 0 Å². The van der Waals surface area contributed by atoms with Gasteiger partial charge in [-0.15, -0.1) is 0 Å². The summed E-state index contributed by atoms with van der Waals surface area (Å²) in [7, 11) is -3.57. The number of sulfonamides is 1. The average Bonchev–Trinajstić information content (AvgIpc) is 2.89. The number of amides is 1. The number of hydrogen-bond acceptors (Lipinski definition) is 3. The molecule has 1 heterocycles. The van der Waals surface area contributed by atoms with Crippen LogP contribution in [0.1, 0.15) is 71.3 Å². The number of anilines is 1. The van der Waals surface area contributed by atoms with Crippen molar-refractivity contribution in [3.63, 3.8) is 0 Å². The third kappa shape index (κ3) is 3.67. The first-order valence-corrected chi connectivity index (χ1v) is 11.1. The zero-order chi connectivity index (χ0) is 19.1. The minimum atomic E-state index is -3.57. The van der Waals surface area contributed by atoms with Gasteiger partial charge in [0.1, 0.15) is 0 Å². The Labute approximate surface area is 157 Å². The van der Waals surface area contributed by atoms with E-state index in [1.807, 2.05) is 0 Å². The number of nitrogens with one attached hydrogen (secondary N) is 2. The minimum Gasteiger partial charge on any atom is -0.325 e. The molecule has 5 nitrogen and oxygen atoms in total. The highest BCUT2D eigenvalue weighted by atomic mass is 32.2. The summed E-state index contributed by atoms with van der Waals surface area (Å²) >= 11 is 0. The normalized spacial score (nSPS) is 26.5. The largest absolute Gasteiger partial charge is 0.325 e. The summed E-state index contributed by atoms with van der Waals surface area (Å²) < 4.78 is 28.5. The van der Waals surface area contributed by atoms with E-state index >= 15 is 0 Å². The lowest BCUT2D eigenvalue weighted by Crippen LogP contribution is -2.39. The Balaban J connectivity index is 1.69. The third-order valence-electron chi connectivity index (χ3n) is 6.52. The summed E-state index contributed by atoms with van der Waals surface area (Å²) in [6.45, 7) is 8.64. The van der Waals surface area contributed by atoms with Crippen molar-refractivity contribution < 1.29 is 13.2 Å². The van der Waals surface area contributed by atoms with Gasteiger partial charge in [-0.05, 0) is 67.7 Å². The molecule has 0 spiro atoms. The zero-order valence-corrected chi connectivity index (χ0v) is 16.9. The van der Waals surface area contributed by atoms with Crippen LogP contribution in [0.15, 0.2) is 23.1 Å². The number of hydrogen-bond donors (Lipinski definition) is 2. The highest BCUT2D eigenvalue weighted by Gasteiger charge is 2.34. The average molecular weight is 379 g/mol. The number of fused-ring (bicyclic) bond motifs is 1. The highest BCUT2D eigenvalue weighted by molar-refractivity contribution is 7.89. The second kappa shape index (κ2) is 6.97. The number of rotatable bonds is 5. The van der Waals surface area contributed by atoms with Crippen molar-refractivity contribution in [3.05, 3.63) is 23.8 Å². The van der Waals surface area contributed by atoms with Gasteiger partial charge in [0.15, 0.2) is 0 Å². The molecule has 0 saturated heterocycles. The molecule has 2 aliphatic rings. The van der Waals surface area contributed by atoms with E-state index in [2.05, 4.69) is 30.8 Å². The van der Waals surface area contributed by atoms with Crippen LogP contribution in [0.5, 0.6) is 0 Å². The Hall–Kier alpha value is -1.40. The fourth-order valence-corrected chi connectivity index (χ4v) is 5.47. The van der Waals surface area contributed by atoms with Crippen LogP contribution in [-0.2, 0) is 14.8 Å². The van der Waals surface area contributed by atoms with Gasteiger partial charge in [-0.1, -0.05) is 27.2 Å². The first kappa shape index (κ1) is 19.4. The molecule has 1 fully saturated rings. The molecule has 1 aliphatic heterocycles. The Morgan fingerprint density at radius 3 is 2.46 bits per heavy atom. The van der Waals surface area contributed by atoms with Crippen LogP contribution in [0.25, 0.3) is 0 Å². The molecule has 3 rings (SSSR count). The summed E-state index contributed by atoms with van der Waals surface area (Å²) in [5, 5.41) is 2.78. The smallest absolute Gasteiger partial charge is 0.240 e. The molecular weight excluding hydrogens is 348 g/mol. The van der Waals surface area contributed by atoms with Gasteiger partial charge in [-0.2, -0.15) is 0 Å². The van der Waals surface area contributed by atoms with Gasteiger partial charge >= 0.3 is 0 Å². The molecule has 1 aromatic rings. The molecular formula is C20H30N2O3S. The van der Waals surface area contributed by atoms with Gasteiger partial charge < -0.3 is 5.32 Å². The maximum Gasteiger partial charge on any atom is 0.240 e. The lowest BCUT2D eigenvalue weighted by molar-refractivity contribution is -0.116. The van der Waals surface area contributed by atoms with Gasteiger partial charge in [-0.25, -0.2) is 13.1 Å². The Bertz CT molecular complexity index is 793. The quantitative estimate of drug-likeness (QED) is 0.813. The summed E-state index contributed by atoms with van der Waals surface area (Å²) in [6, 6.07) is 4.89. The molecule has 1 saturated carbocycles. The standard InChI is InChI=1S/C20H30N2O3S/c1-5-20(3,4)14-6-8-15(9-7-14)22-26(24,25)16-10-11-18-17(12-16)13(2)19(23)21-18/h10-15,22H,5-9H2,1-4H3,(H,21,23)/t13-,14?,15?/m1/s1. The Morgan fingerprint density at radius 2 is 1.85 bits per heavy atom. The fourth-order valence-electron chi connectivity index (χ4n) is 4.13. The van der Waals surface area contributed by atoms with Crippen LogP contribution in [0.4, 0.5) is 5.69 Å². The van der Waals surface area contributed by atoms with Gasteiger partial charge in [0.25, 0.3) is 0 Å². The van der Waals surface area contributed by atoms with Crippen LogP contribution < -0.4 is 10.0 Å². The topological polar surface area (TPSA) is 75.3 Å². The van der Waals surface area contributed by atoms with Crippen molar-refractivity contribution >= 4 is 21.6 Å². The van der Waals surface area contributed by atoms with E-state index < -0.39 is 10.0 Å². The molecule has 0 bridgehead atoms.